The predicted octanol–water partition coefficient (Wildman–Crippen LogP) is 2.89. The van der Waals surface area contributed by atoms with Crippen LogP contribution in [0.25, 0.3) is 0 Å². The maximum Gasteiger partial charge on any atom is 0.339 e. The van der Waals surface area contributed by atoms with E-state index >= 15 is 0 Å². The molecule has 3 nitrogen and oxygen atoms in total. The summed E-state index contributed by atoms with van der Waals surface area (Å²) >= 11 is 0. The molecule has 0 aromatic heterocycles. The van der Waals surface area contributed by atoms with E-state index in [1.165, 1.54) is 17.5 Å². The molecule has 1 aromatic carbocycles. The predicted molar refractivity (Wildman–Crippen MR) is 66.1 cm³/mol. The van der Waals surface area contributed by atoms with Crippen molar-refractivity contribution in [2.24, 2.45) is 0 Å². The van der Waals surface area contributed by atoms with Crippen LogP contribution >= 0.6 is 0 Å². The molecule has 1 N–H and O–H groups in total. The zero-order valence-electron chi connectivity index (χ0n) is 10.6. The molecule has 92 valence electrons. The van der Waals surface area contributed by atoms with Crippen LogP contribution in [0.3, 0.4) is 0 Å². The number of methoxy groups -OCH3 is 1. The second-order valence-corrected chi connectivity index (χ2v) is 4.63. The average molecular weight is 234 g/mol. The normalized spacial score (nSPS) is 14.3. The summed E-state index contributed by atoms with van der Waals surface area (Å²) in [7, 11) is 1.55. The van der Waals surface area contributed by atoms with Gasteiger partial charge in [-0.3, -0.25) is 0 Å². The largest absolute Gasteiger partial charge is 0.496 e. The van der Waals surface area contributed by atoms with E-state index in [9.17, 15) is 9.90 Å². The number of hydrogen-bond donors (Lipinski definition) is 1. The minimum absolute atomic E-state index is 0.339. The molecule has 0 radical (unpaired) electrons. The highest BCUT2D eigenvalue weighted by atomic mass is 16.5. The van der Waals surface area contributed by atoms with Gasteiger partial charge in [0.05, 0.1) is 7.11 Å². The van der Waals surface area contributed by atoms with Gasteiger partial charge in [-0.1, -0.05) is 0 Å². The van der Waals surface area contributed by atoms with Gasteiger partial charge in [-0.05, 0) is 61.8 Å². The molecule has 2 rings (SSSR count). The SMILES string of the molecule is COc1c(C)c2c(c(C)c1C(=O)O)CCCC2. The fourth-order valence-electron chi connectivity index (χ4n) is 2.89. The van der Waals surface area contributed by atoms with E-state index in [1.807, 2.05) is 13.8 Å². The zero-order chi connectivity index (χ0) is 12.6. The molecule has 0 fully saturated rings. The number of carboxylic acids is 1. The lowest BCUT2D eigenvalue weighted by molar-refractivity contribution is 0.0692. The van der Waals surface area contributed by atoms with Crippen molar-refractivity contribution >= 4 is 5.97 Å². The van der Waals surface area contributed by atoms with E-state index in [0.717, 1.165) is 30.4 Å². The first kappa shape index (κ1) is 12.0. The first-order valence-corrected chi connectivity index (χ1v) is 6.00. The van der Waals surface area contributed by atoms with Gasteiger partial charge in [0.15, 0.2) is 0 Å². The van der Waals surface area contributed by atoms with E-state index in [2.05, 4.69) is 0 Å². The Morgan fingerprint density at radius 3 is 2.12 bits per heavy atom. The number of carboxylic acid groups (broad SMARTS) is 1. The Morgan fingerprint density at radius 1 is 1.12 bits per heavy atom. The van der Waals surface area contributed by atoms with Crippen LogP contribution in [0.5, 0.6) is 5.75 Å². The van der Waals surface area contributed by atoms with Gasteiger partial charge in [0, 0.05) is 0 Å². The van der Waals surface area contributed by atoms with Crippen LogP contribution < -0.4 is 4.74 Å². The van der Waals surface area contributed by atoms with Gasteiger partial charge in [-0.25, -0.2) is 4.79 Å². The Hall–Kier alpha value is -1.51. The lowest BCUT2D eigenvalue weighted by Crippen LogP contribution is -2.14. The molecule has 0 spiro atoms. The maximum absolute atomic E-state index is 11.4. The molecule has 1 aromatic rings. The summed E-state index contributed by atoms with van der Waals surface area (Å²) in [5.41, 5.74) is 4.76. The molecule has 17 heavy (non-hydrogen) atoms. The van der Waals surface area contributed by atoms with Crippen molar-refractivity contribution < 1.29 is 14.6 Å². The van der Waals surface area contributed by atoms with Crippen LogP contribution in [-0.4, -0.2) is 18.2 Å². The average Bonchev–Trinajstić information content (AvgIpc) is 2.33. The molecular formula is C14H18O3. The van der Waals surface area contributed by atoms with E-state index in [0.29, 0.717) is 11.3 Å². The number of hydrogen-bond acceptors (Lipinski definition) is 2. The Bertz CT molecular complexity index is 475. The second kappa shape index (κ2) is 4.40. The van der Waals surface area contributed by atoms with Crippen molar-refractivity contribution in [3.05, 3.63) is 27.8 Å². The van der Waals surface area contributed by atoms with Crippen molar-refractivity contribution in [3.63, 3.8) is 0 Å². The van der Waals surface area contributed by atoms with Gasteiger partial charge >= 0.3 is 5.97 Å². The minimum Gasteiger partial charge on any atom is -0.496 e. The monoisotopic (exact) mass is 234 g/mol. The molecule has 0 heterocycles. The molecule has 1 aliphatic carbocycles. The van der Waals surface area contributed by atoms with Crippen LogP contribution in [0.15, 0.2) is 0 Å². The molecule has 0 atom stereocenters. The van der Waals surface area contributed by atoms with Crippen molar-refractivity contribution in [2.45, 2.75) is 39.5 Å². The summed E-state index contributed by atoms with van der Waals surface area (Å²) in [5.74, 6) is -0.355. The topological polar surface area (TPSA) is 46.5 Å². The fraction of sp³-hybridized carbons (Fsp3) is 0.500. The van der Waals surface area contributed by atoms with Gasteiger partial charge in [-0.2, -0.15) is 0 Å². The molecule has 0 bridgehead atoms. The highest BCUT2D eigenvalue weighted by molar-refractivity contribution is 5.94. The van der Waals surface area contributed by atoms with Crippen molar-refractivity contribution in [3.8, 4) is 5.75 Å². The summed E-state index contributed by atoms with van der Waals surface area (Å²) in [6.07, 6.45) is 4.37. The third-order valence-electron chi connectivity index (χ3n) is 3.73. The van der Waals surface area contributed by atoms with Crippen molar-refractivity contribution in [1.82, 2.24) is 0 Å². The van der Waals surface area contributed by atoms with E-state index in [1.54, 1.807) is 7.11 Å². The Morgan fingerprint density at radius 2 is 1.65 bits per heavy atom. The highest BCUT2D eigenvalue weighted by Gasteiger charge is 2.25. The molecule has 1 aliphatic rings. The number of fused-ring (bicyclic) bond motifs is 1. The summed E-state index contributed by atoms with van der Waals surface area (Å²) in [4.78, 5) is 11.4. The number of rotatable bonds is 2. The van der Waals surface area contributed by atoms with E-state index in [4.69, 9.17) is 4.74 Å². The van der Waals surface area contributed by atoms with Gasteiger partial charge in [0.1, 0.15) is 11.3 Å². The van der Waals surface area contributed by atoms with Crippen LogP contribution in [0, 0.1) is 13.8 Å². The molecule has 0 saturated heterocycles. The fourth-order valence-corrected chi connectivity index (χ4v) is 2.89. The lowest BCUT2D eigenvalue weighted by atomic mass is 9.83. The number of aromatic carboxylic acids is 1. The van der Waals surface area contributed by atoms with Crippen LogP contribution in [-0.2, 0) is 12.8 Å². The van der Waals surface area contributed by atoms with Crippen LogP contribution in [0.2, 0.25) is 0 Å². The quantitative estimate of drug-likeness (QED) is 0.855. The van der Waals surface area contributed by atoms with Crippen LogP contribution in [0.4, 0.5) is 0 Å². The first-order chi connectivity index (χ1) is 8.07. The zero-order valence-corrected chi connectivity index (χ0v) is 10.6. The lowest BCUT2D eigenvalue weighted by Gasteiger charge is -2.24. The number of benzene rings is 1. The van der Waals surface area contributed by atoms with Gasteiger partial charge in [-0.15, -0.1) is 0 Å². The summed E-state index contributed by atoms with van der Waals surface area (Å²) in [6, 6.07) is 0. The second-order valence-electron chi connectivity index (χ2n) is 4.63. The van der Waals surface area contributed by atoms with E-state index in [-0.39, 0.29) is 0 Å². The minimum atomic E-state index is -0.893. The molecular weight excluding hydrogens is 216 g/mol. The number of ether oxygens (including phenoxy) is 1. The van der Waals surface area contributed by atoms with Crippen molar-refractivity contribution in [1.29, 1.82) is 0 Å². The summed E-state index contributed by atoms with van der Waals surface area (Å²) in [6.45, 7) is 3.87. The molecule has 3 heteroatoms. The Labute approximate surface area is 101 Å². The first-order valence-electron chi connectivity index (χ1n) is 6.00. The van der Waals surface area contributed by atoms with Crippen LogP contribution in [0.1, 0.15) is 45.5 Å². The van der Waals surface area contributed by atoms with Gasteiger partial charge < -0.3 is 9.84 Å². The maximum atomic E-state index is 11.4. The van der Waals surface area contributed by atoms with Gasteiger partial charge in [0.25, 0.3) is 0 Å². The summed E-state index contributed by atoms with van der Waals surface area (Å²) < 4.78 is 5.30. The molecule has 0 aliphatic heterocycles. The third-order valence-corrected chi connectivity index (χ3v) is 3.73. The standard InChI is InChI=1S/C14H18O3/c1-8-10-6-4-5-7-11(10)9(2)13(17-3)12(8)14(15)16/h4-7H2,1-3H3,(H,15,16). The highest BCUT2D eigenvalue weighted by Crippen LogP contribution is 2.37. The van der Waals surface area contributed by atoms with Gasteiger partial charge in [0.2, 0.25) is 0 Å². The third kappa shape index (κ3) is 1.79. The molecule has 0 saturated carbocycles. The Kier molecular flexibility index (Phi) is 3.09. The van der Waals surface area contributed by atoms with E-state index < -0.39 is 5.97 Å². The summed E-state index contributed by atoms with van der Waals surface area (Å²) in [5, 5.41) is 9.32. The van der Waals surface area contributed by atoms with Crippen molar-refractivity contribution in [2.75, 3.05) is 7.11 Å². The molecule has 0 amide bonds. The smallest absolute Gasteiger partial charge is 0.339 e. The Balaban J connectivity index is 2.76. The molecule has 0 unspecified atom stereocenters. The number of carbonyl (C=O) groups is 1.